The number of rotatable bonds is 5. The molecular weight excluding hydrogens is 338 g/mol. The number of nitrogens with one attached hydrogen (secondary N) is 2. The van der Waals surface area contributed by atoms with E-state index < -0.39 is 16.1 Å². The van der Waals surface area contributed by atoms with E-state index in [0.29, 0.717) is 25.1 Å². The van der Waals surface area contributed by atoms with E-state index in [2.05, 4.69) is 10.6 Å². The van der Waals surface area contributed by atoms with Crippen molar-refractivity contribution in [2.45, 2.75) is 18.9 Å². The van der Waals surface area contributed by atoms with Gasteiger partial charge in [-0.15, -0.1) is 0 Å². The normalized spacial score (nSPS) is 18.0. The van der Waals surface area contributed by atoms with Gasteiger partial charge < -0.3 is 10.6 Å². The van der Waals surface area contributed by atoms with Crippen molar-refractivity contribution in [3.8, 4) is 0 Å². The molecule has 2 aromatic rings. The van der Waals surface area contributed by atoms with Crippen LogP contribution in [0.5, 0.6) is 0 Å². The highest BCUT2D eigenvalue weighted by molar-refractivity contribution is 7.88. The van der Waals surface area contributed by atoms with Crippen LogP contribution in [0.3, 0.4) is 0 Å². The molecule has 0 spiro atoms. The molecule has 1 saturated heterocycles. The molecule has 0 aromatic heterocycles. The van der Waals surface area contributed by atoms with Gasteiger partial charge >= 0.3 is 0 Å². The molecule has 1 heterocycles. The van der Waals surface area contributed by atoms with E-state index in [0.717, 1.165) is 17.6 Å². The van der Waals surface area contributed by atoms with E-state index in [1.165, 1.54) is 4.31 Å². The number of hydrogen-bond donors (Lipinski definition) is 2. The van der Waals surface area contributed by atoms with Gasteiger partial charge in [0.2, 0.25) is 15.9 Å². The van der Waals surface area contributed by atoms with E-state index in [4.69, 9.17) is 0 Å². The topological polar surface area (TPSA) is 78.5 Å². The minimum atomic E-state index is -3.37. The number of carbonyl (C=O) groups excluding carboxylic acids is 1. The standard InChI is InChI=1S/C18H21N3O3S/c1-25(23,24)21-13-5-8-17(21)18(22)20-16-11-9-15(10-12-16)19-14-6-3-2-4-7-14/h2-4,6-7,9-12,17,19H,5,8,13H2,1H3,(H,20,22)/t17-/m0/s1. The predicted molar refractivity (Wildman–Crippen MR) is 99.4 cm³/mol. The van der Waals surface area contributed by atoms with Gasteiger partial charge in [-0.1, -0.05) is 18.2 Å². The first-order valence-electron chi connectivity index (χ1n) is 8.13. The van der Waals surface area contributed by atoms with Crippen LogP contribution in [0.25, 0.3) is 0 Å². The fourth-order valence-corrected chi connectivity index (χ4v) is 4.07. The third-order valence-corrected chi connectivity index (χ3v) is 5.44. The van der Waals surface area contributed by atoms with Gasteiger partial charge in [0, 0.05) is 23.6 Å². The second-order valence-corrected chi connectivity index (χ2v) is 8.02. The van der Waals surface area contributed by atoms with E-state index in [-0.39, 0.29) is 5.91 Å². The summed E-state index contributed by atoms with van der Waals surface area (Å²) in [5, 5.41) is 6.07. The Morgan fingerprint density at radius 2 is 1.60 bits per heavy atom. The fraction of sp³-hybridized carbons (Fsp3) is 0.278. The first-order chi connectivity index (χ1) is 11.9. The van der Waals surface area contributed by atoms with E-state index >= 15 is 0 Å². The monoisotopic (exact) mass is 359 g/mol. The molecule has 1 fully saturated rings. The van der Waals surface area contributed by atoms with E-state index in [9.17, 15) is 13.2 Å². The molecule has 0 bridgehead atoms. The van der Waals surface area contributed by atoms with Crippen molar-refractivity contribution < 1.29 is 13.2 Å². The zero-order valence-electron chi connectivity index (χ0n) is 14.0. The molecule has 3 rings (SSSR count). The van der Waals surface area contributed by atoms with Crippen molar-refractivity contribution in [3.05, 3.63) is 54.6 Å². The smallest absolute Gasteiger partial charge is 0.242 e. The van der Waals surface area contributed by atoms with Crippen LogP contribution in [0.2, 0.25) is 0 Å². The zero-order chi connectivity index (χ0) is 17.9. The number of amides is 1. The molecule has 132 valence electrons. The summed E-state index contributed by atoms with van der Waals surface area (Å²) in [6.07, 6.45) is 2.39. The number of anilines is 3. The average molecular weight is 359 g/mol. The summed E-state index contributed by atoms with van der Waals surface area (Å²) >= 11 is 0. The molecule has 0 saturated carbocycles. The number of nitrogens with zero attached hydrogens (tertiary/aromatic N) is 1. The maximum absolute atomic E-state index is 12.4. The van der Waals surface area contributed by atoms with Crippen molar-refractivity contribution in [2.75, 3.05) is 23.4 Å². The van der Waals surface area contributed by atoms with Crippen LogP contribution in [0.4, 0.5) is 17.1 Å². The van der Waals surface area contributed by atoms with Crippen LogP contribution >= 0.6 is 0 Å². The minimum Gasteiger partial charge on any atom is -0.356 e. The molecule has 2 aromatic carbocycles. The first kappa shape index (κ1) is 17.4. The van der Waals surface area contributed by atoms with Gasteiger partial charge in [0.25, 0.3) is 0 Å². The lowest BCUT2D eigenvalue weighted by Gasteiger charge is -2.21. The molecule has 0 aliphatic carbocycles. The Labute approximate surface area is 147 Å². The molecule has 2 N–H and O–H groups in total. The quantitative estimate of drug-likeness (QED) is 0.860. The summed E-state index contributed by atoms with van der Waals surface area (Å²) in [6, 6.07) is 16.5. The average Bonchev–Trinajstić information content (AvgIpc) is 3.08. The Morgan fingerprint density at radius 1 is 1.00 bits per heavy atom. The fourth-order valence-electron chi connectivity index (χ4n) is 2.95. The second kappa shape index (κ2) is 7.25. The molecule has 0 unspecified atom stereocenters. The summed E-state index contributed by atoms with van der Waals surface area (Å²) in [5.74, 6) is -0.285. The van der Waals surface area contributed by atoms with Crippen molar-refractivity contribution in [3.63, 3.8) is 0 Å². The SMILES string of the molecule is CS(=O)(=O)N1CCC[C@H]1C(=O)Nc1ccc(Nc2ccccc2)cc1. The largest absolute Gasteiger partial charge is 0.356 e. The van der Waals surface area contributed by atoms with Crippen LogP contribution in [0.1, 0.15) is 12.8 Å². The van der Waals surface area contributed by atoms with Gasteiger partial charge in [0.05, 0.1) is 6.26 Å². The van der Waals surface area contributed by atoms with Gasteiger partial charge in [-0.05, 0) is 49.2 Å². The lowest BCUT2D eigenvalue weighted by atomic mass is 10.2. The van der Waals surface area contributed by atoms with E-state index in [1.807, 2.05) is 42.5 Å². The van der Waals surface area contributed by atoms with Crippen molar-refractivity contribution in [1.82, 2.24) is 4.31 Å². The lowest BCUT2D eigenvalue weighted by molar-refractivity contribution is -0.119. The van der Waals surface area contributed by atoms with Crippen molar-refractivity contribution in [2.24, 2.45) is 0 Å². The highest BCUT2D eigenvalue weighted by Crippen LogP contribution is 2.23. The summed E-state index contributed by atoms with van der Waals surface area (Å²) in [4.78, 5) is 12.4. The maximum atomic E-state index is 12.4. The van der Waals surface area contributed by atoms with Crippen LogP contribution in [-0.2, 0) is 14.8 Å². The van der Waals surface area contributed by atoms with Gasteiger partial charge in [-0.2, -0.15) is 4.31 Å². The number of benzene rings is 2. The Bertz CT molecular complexity index is 836. The molecule has 1 aliphatic rings. The molecule has 25 heavy (non-hydrogen) atoms. The van der Waals surface area contributed by atoms with Crippen molar-refractivity contribution in [1.29, 1.82) is 0 Å². The Morgan fingerprint density at radius 3 is 2.24 bits per heavy atom. The molecule has 6 nitrogen and oxygen atoms in total. The molecule has 7 heteroatoms. The minimum absolute atomic E-state index is 0.285. The summed E-state index contributed by atoms with van der Waals surface area (Å²) in [6.45, 7) is 0.400. The van der Waals surface area contributed by atoms with Gasteiger partial charge in [0.1, 0.15) is 6.04 Å². The van der Waals surface area contributed by atoms with Gasteiger partial charge in [-0.25, -0.2) is 8.42 Å². The van der Waals surface area contributed by atoms with Gasteiger partial charge in [0.15, 0.2) is 0 Å². The van der Waals surface area contributed by atoms with Crippen LogP contribution < -0.4 is 10.6 Å². The molecule has 1 atom stereocenters. The number of sulfonamides is 1. The highest BCUT2D eigenvalue weighted by Gasteiger charge is 2.36. The lowest BCUT2D eigenvalue weighted by Crippen LogP contribution is -2.42. The van der Waals surface area contributed by atoms with Gasteiger partial charge in [-0.3, -0.25) is 4.79 Å². The zero-order valence-corrected chi connectivity index (χ0v) is 14.8. The third-order valence-electron chi connectivity index (χ3n) is 4.15. The molecule has 1 amide bonds. The van der Waals surface area contributed by atoms with Crippen LogP contribution in [0.15, 0.2) is 54.6 Å². The molecule has 1 aliphatic heterocycles. The number of carbonyl (C=O) groups is 1. The predicted octanol–water partition coefficient (Wildman–Crippen LogP) is 2.79. The highest BCUT2D eigenvalue weighted by atomic mass is 32.2. The summed E-state index contributed by atoms with van der Waals surface area (Å²) in [5.41, 5.74) is 2.53. The third kappa shape index (κ3) is 4.37. The molecule has 0 radical (unpaired) electrons. The van der Waals surface area contributed by atoms with Crippen LogP contribution in [-0.4, -0.2) is 37.5 Å². The first-order valence-corrected chi connectivity index (χ1v) is 9.98. The summed E-state index contributed by atoms with van der Waals surface area (Å²) < 4.78 is 24.8. The number of hydrogen-bond acceptors (Lipinski definition) is 4. The maximum Gasteiger partial charge on any atom is 0.242 e. The van der Waals surface area contributed by atoms with Crippen LogP contribution in [0, 0.1) is 0 Å². The Balaban J connectivity index is 1.64. The second-order valence-electron chi connectivity index (χ2n) is 6.09. The Hall–Kier alpha value is -2.38. The van der Waals surface area contributed by atoms with E-state index in [1.54, 1.807) is 12.1 Å². The van der Waals surface area contributed by atoms with Crippen molar-refractivity contribution >= 4 is 33.0 Å². The molecular formula is C18H21N3O3S. The summed E-state index contributed by atoms with van der Waals surface area (Å²) in [7, 11) is -3.37. The Kier molecular flexibility index (Phi) is 5.06. The number of para-hydroxylation sites is 1.